The molecular formula is C16H31N2O. The van der Waals surface area contributed by atoms with Gasteiger partial charge >= 0.3 is 0 Å². The van der Waals surface area contributed by atoms with Crippen LogP contribution in [0.25, 0.3) is 0 Å². The van der Waals surface area contributed by atoms with Gasteiger partial charge in [0, 0.05) is 26.0 Å². The van der Waals surface area contributed by atoms with Gasteiger partial charge in [0.05, 0.1) is 0 Å². The van der Waals surface area contributed by atoms with Crippen LogP contribution in [0.1, 0.15) is 45.4 Å². The predicted octanol–water partition coefficient (Wildman–Crippen LogP) is 2.83. The molecule has 0 unspecified atom stereocenters. The Labute approximate surface area is 119 Å². The molecule has 0 saturated carbocycles. The Morgan fingerprint density at radius 1 is 1.26 bits per heavy atom. The van der Waals surface area contributed by atoms with Gasteiger partial charge in [-0.2, -0.15) is 0 Å². The number of methoxy groups -OCH3 is 1. The number of hydrogen-bond acceptors (Lipinski definition) is 3. The summed E-state index contributed by atoms with van der Waals surface area (Å²) in [6, 6.07) is 0. The third-order valence-electron chi connectivity index (χ3n) is 4.04. The minimum atomic E-state index is 0.781. The van der Waals surface area contributed by atoms with Gasteiger partial charge in [-0.1, -0.05) is 6.92 Å². The standard InChI is InChI=1S/C16H31N2O/c1-4-18-11-8-16(9-12-18)14-15(2)17-10-6-5-7-13-19-3/h2,16-17H,4-14H2,1,3H3. The molecule has 0 atom stereocenters. The first kappa shape index (κ1) is 16.5. The second-order valence-electron chi connectivity index (χ2n) is 5.59. The topological polar surface area (TPSA) is 24.5 Å². The zero-order valence-electron chi connectivity index (χ0n) is 12.8. The van der Waals surface area contributed by atoms with E-state index in [2.05, 4.69) is 17.1 Å². The van der Waals surface area contributed by atoms with E-state index < -0.39 is 0 Å². The maximum Gasteiger partial charge on any atom is 0.0462 e. The van der Waals surface area contributed by atoms with Crippen LogP contribution in [0.3, 0.4) is 0 Å². The van der Waals surface area contributed by atoms with Crippen molar-refractivity contribution in [2.75, 3.05) is 39.9 Å². The van der Waals surface area contributed by atoms with Crippen molar-refractivity contribution in [1.82, 2.24) is 10.2 Å². The van der Waals surface area contributed by atoms with E-state index in [-0.39, 0.29) is 0 Å². The number of hydrogen-bond donors (Lipinski definition) is 1. The number of likely N-dealkylation sites (tertiary alicyclic amines) is 1. The van der Waals surface area contributed by atoms with Crippen molar-refractivity contribution < 1.29 is 4.74 Å². The summed E-state index contributed by atoms with van der Waals surface area (Å²) in [6.45, 7) is 13.9. The van der Waals surface area contributed by atoms with E-state index in [1.165, 1.54) is 45.3 Å². The molecule has 0 bridgehead atoms. The van der Waals surface area contributed by atoms with Gasteiger partial charge in [-0.05, 0) is 70.7 Å². The van der Waals surface area contributed by atoms with E-state index in [4.69, 9.17) is 11.3 Å². The highest BCUT2D eigenvalue weighted by Gasteiger charge is 2.18. The lowest BCUT2D eigenvalue weighted by atomic mass is 9.92. The zero-order valence-corrected chi connectivity index (χ0v) is 12.8. The number of allylic oxidation sites excluding steroid dienone is 1. The van der Waals surface area contributed by atoms with Crippen LogP contribution in [0, 0.1) is 12.5 Å². The molecule has 0 aromatic heterocycles. The molecule has 1 aliphatic rings. The molecule has 111 valence electrons. The Hall–Kier alpha value is -0.540. The average Bonchev–Trinajstić information content (AvgIpc) is 2.43. The van der Waals surface area contributed by atoms with E-state index in [1.807, 2.05) is 0 Å². The average molecular weight is 267 g/mol. The molecule has 1 heterocycles. The summed E-state index contributed by atoms with van der Waals surface area (Å²) in [5.74, 6) is 0.781. The summed E-state index contributed by atoms with van der Waals surface area (Å²) in [7, 11) is 1.76. The number of unbranched alkanes of at least 4 members (excludes halogenated alkanes) is 2. The molecule has 0 aromatic carbocycles. The molecule has 0 aromatic rings. The van der Waals surface area contributed by atoms with Crippen LogP contribution < -0.4 is 5.32 Å². The molecule has 1 N–H and O–H groups in total. The lowest BCUT2D eigenvalue weighted by Crippen LogP contribution is -2.34. The summed E-state index contributed by atoms with van der Waals surface area (Å²) >= 11 is 0. The van der Waals surface area contributed by atoms with Crippen LogP contribution in [0.15, 0.2) is 5.70 Å². The van der Waals surface area contributed by atoms with Crippen molar-refractivity contribution in [3.63, 3.8) is 0 Å². The van der Waals surface area contributed by atoms with E-state index in [9.17, 15) is 0 Å². The monoisotopic (exact) mass is 267 g/mol. The van der Waals surface area contributed by atoms with Crippen molar-refractivity contribution in [3.05, 3.63) is 12.3 Å². The largest absolute Gasteiger partial charge is 0.388 e. The number of ether oxygens (including phenoxy) is 1. The van der Waals surface area contributed by atoms with Gasteiger partial charge in [-0.3, -0.25) is 0 Å². The van der Waals surface area contributed by atoms with Gasteiger partial charge in [0.25, 0.3) is 0 Å². The third-order valence-corrected chi connectivity index (χ3v) is 4.04. The van der Waals surface area contributed by atoms with Crippen molar-refractivity contribution in [2.45, 2.75) is 45.4 Å². The molecule has 1 rings (SSSR count). The van der Waals surface area contributed by atoms with Crippen LogP contribution in [0.5, 0.6) is 0 Å². The van der Waals surface area contributed by atoms with Crippen LogP contribution in [0.2, 0.25) is 0 Å². The molecule has 0 aliphatic carbocycles. The SMILES string of the molecule is [CH]=C(CC1CCN(CC)CC1)NCCCCCOC. The molecule has 1 fully saturated rings. The summed E-state index contributed by atoms with van der Waals surface area (Å²) in [5, 5.41) is 3.37. The Morgan fingerprint density at radius 3 is 2.63 bits per heavy atom. The molecule has 0 spiro atoms. The van der Waals surface area contributed by atoms with Gasteiger partial charge in [0.1, 0.15) is 0 Å². The highest BCUT2D eigenvalue weighted by Crippen LogP contribution is 2.22. The van der Waals surface area contributed by atoms with Crippen LogP contribution >= 0.6 is 0 Å². The van der Waals surface area contributed by atoms with Gasteiger partial charge in [0.2, 0.25) is 0 Å². The van der Waals surface area contributed by atoms with E-state index >= 15 is 0 Å². The Bertz CT molecular complexity index is 235. The summed E-state index contributed by atoms with van der Waals surface area (Å²) in [4.78, 5) is 2.52. The maximum absolute atomic E-state index is 6.08. The zero-order chi connectivity index (χ0) is 13.9. The molecule has 1 radical (unpaired) electrons. The highest BCUT2D eigenvalue weighted by molar-refractivity contribution is 4.91. The first-order chi connectivity index (χ1) is 9.26. The molecule has 3 heteroatoms. The van der Waals surface area contributed by atoms with Crippen LogP contribution in [-0.2, 0) is 4.74 Å². The number of nitrogens with zero attached hydrogens (tertiary/aromatic N) is 1. The molecular weight excluding hydrogens is 236 g/mol. The molecule has 3 nitrogen and oxygen atoms in total. The predicted molar refractivity (Wildman–Crippen MR) is 81.0 cm³/mol. The fraction of sp³-hybridized carbons (Fsp3) is 0.875. The van der Waals surface area contributed by atoms with Gasteiger partial charge in [0.15, 0.2) is 0 Å². The second-order valence-corrected chi connectivity index (χ2v) is 5.59. The fourth-order valence-electron chi connectivity index (χ4n) is 2.69. The molecule has 1 saturated heterocycles. The fourth-order valence-corrected chi connectivity index (χ4v) is 2.69. The van der Waals surface area contributed by atoms with Crippen molar-refractivity contribution in [1.29, 1.82) is 0 Å². The Balaban J connectivity index is 1.99. The normalized spacial score (nSPS) is 17.6. The minimum Gasteiger partial charge on any atom is -0.388 e. The second kappa shape index (κ2) is 10.3. The lowest BCUT2D eigenvalue weighted by Gasteiger charge is -2.31. The van der Waals surface area contributed by atoms with E-state index in [0.717, 1.165) is 37.6 Å². The van der Waals surface area contributed by atoms with Crippen LogP contribution in [-0.4, -0.2) is 44.8 Å². The van der Waals surface area contributed by atoms with Crippen molar-refractivity contribution >= 4 is 0 Å². The lowest BCUT2D eigenvalue weighted by molar-refractivity contribution is 0.190. The third kappa shape index (κ3) is 7.58. The van der Waals surface area contributed by atoms with E-state index in [0.29, 0.717) is 0 Å². The Morgan fingerprint density at radius 2 is 2.00 bits per heavy atom. The first-order valence-electron chi connectivity index (χ1n) is 7.82. The van der Waals surface area contributed by atoms with Gasteiger partial charge in [-0.25, -0.2) is 0 Å². The Kier molecular flexibility index (Phi) is 8.93. The molecule has 1 aliphatic heterocycles. The number of piperidine rings is 1. The summed E-state index contributed by atoms with van der Waals surface area (Å²) in [6.07, 6.45) is 7.18. The van der Waals surface area contributed by atoms with Crippen molar-refractivity contribution in [3.8, 4) is 0 Å². The number of nitrogens with one attached hydrogen (secondary N) is 1. The smallest absolute Gasteiger partial charge is 0.0462 e. The first-order valence-corrected chi connectivity index (χ1v) is 7.82. The quantitative estimate of drug-likeness (QED) is 0.616. The van der Waals surface area contributed by atoms with E-state index in [1.54, 1.807) is 7.11 Å². The number of rotatable bonds is 10. The summed E-state index contributed by atoms with van der Waals surface area (Å²) < 4.78 is 5.03. The minimum absolute atomic E-state index is 0.781. The highest BCUT2D eigenvalue weighted by atomic mass is 16.5. The molecule has 19 heavy (non-hydrogen) atoms. The van der Waals surface area contributed by atoms with Crippen LogP contribution in [0.4, 0.5) is 0 Å². The summed E-state index contributed by atoms with van der Waals surface area (Å²) in [5.41, 5.74) is 0.988. The van der Waals surface area contributed by atoms with Crippen molar-refractivity contribution in [2.24, 2.45) is 5.92 Å². The maximum atomic E-state index is 6.08. The van der Waals surface area contributed by atoms with Gasteiger partial charge < -0.3 is 15.0 Å². The van der Waals surface area contributed by atoms with Gasteiger partial charge in [-0.15, -0.1) is 0 Å². The molecule has 0 amide bonds.